The number of anilines is 1. The molecule has 3 N–H and O–H groups in total. The Bertz CT molecular complexity index is 364. The van der Waals surface area contributed by atoms with Gasteiger partial charge in [0.2, 0.25) is 0 Å². The number of hydrogen-bond donors (Lipinski definition) is 2. The van der Waals surface area contributed by atoms with Crippen LogP contribution in [0.1, 0.15) is 36.7 Å². The third-order valence-corrected chi connectivity index (χ3v) is 2.08. The van der Waals surface area contributed by atoms with Crippen LogP contribution in [0, 0.1) is 0 Å². The number of carboxylic acids is 1. The molecule has 3 nitrogen and oxygen atoms in total. The average molecular weight is 193 g/mol. The maximum atomic E-state index is 11.0. The van der Waals surface area contributed by atoms with Crippen LogP contribution in [-0.2, 0) is 5.41 Å². The molecule has 0 unspecified atom stereocenters. The van der Waals surface area contributed by atoms with Gasteiger partial charge in [0.05, 0.1) is 5.56 Å². The average Bonchev–Trinajstić information content (AvgIpc) is 2.01. The summed E-state index contributed by atoms with van der Waals surface area (Å²) in [5.41, 5.74) is 6.94. The minimum absolute atomic E-state index is 0.179. The van der Waals surface area contributed by atoms with E-state index in [0.717, 1.165) is 5.56 Å². The van der Waals surface area contributed by atoms with E-state index in [9.17, 15) is 4.79 Å². The van der Waals surface area contributed by atoms with E-state index in [-0.39, 0.29) is 11.0 Å². The summed E-state index contributed by atoms with van der Waals surface area (Å²) in [4.78, 5) is 11.0. The molecule has 1 aromatic rings. The molecule has 0 atom stereocenters. The zero-order chi connectivity index (χ0) is 10.9. The monoisotopic (exact) mass is 193 g/mol. The predicted octanol–water partition coefficient (Wildman–Crippen LogP) is 2.26. The van der Waals surface area contributed by atoms with E-state index in [1.807, 2.05) is 20.8 Å². The van der Waals surface area contributed by atoms with Gasteiger partial charge in [-0.1, -0.05) is 26.8 Å². The number of nitrogens with two attached hydrogens (primary N) is 1. The SMILES string of the molecule is CC(C)(C)c1ccc(N)cc1C(=O)O. The van der Waals surface area contributed by atoms with Gasteiger partial charge in [0, 0.05) is 5.69 Å². The summed E-state index contributed by atoms with van der Waals surface area (Å²) in [6, 6.07) is 5.01. The lowest BCUT2D eigenvalue weighted by Gasteiger charge is -2.21. The van der Waals surface area contributed by atoms with E-state index in [2.05, 4.69) is 0 Å². The Kier molecular flexibility index (Phi) is 2.51. The second-order valence-corrected chi connectivity index (χ2v) is 4.36. The summed E-state index contributed by atoms with van der Waals surface area (Å²) < 4.78 is 0. The molecule has 1 aromatic carbocycles. The highest BCUT2D eigenvalue weighted by atomic mass is 16.4. The van der Waals surface area contributed by atoms with Crippen LogP contribution >= 0.6 is 0 Å². The molecule has 0 amide bonds. The molecule has 0 saturated carbocycles. The molecule has 14 heavy (non-hydrogen) atoms. The summed E-state index contributed by atoms with van der Waals surface area (Å²) in [7, 11) is 0. The van der Waals surface area contributed by atoms with Gasteiger partial charge in [0.1, 0.15) is 0 Å². The Morgan fingerprint density at radius 2 is 1.93 bits per heavy atom. The van der Waals surface area contributed by atoms with Crippen LogP contribution in [0.2, 0.25) is 0 Å². The van der Waals surface area contributed by atoms with Crippen molar-refractivity contribution in [2.45, 2.75) is 26.2 Å². The maximum Gasteiger partial charge on any atom is 0.336 e. The van der Waals surface area contributed by atoms with Gasteiger partial charge in [-0.2, -0.15) is 0 Å². The van der Waals surface area contributed by atoms with Crippen LogP contribution in [0.4, 0.5) is 5.69 Å². The van der Waals surface area contributed by atoms with E-state index in [1.54, 1.807) is 12.1 Å². The number of rotatable bonds is 1. The molecular formula is C11H15NO2. The highest BCUT2D eigenvalue weighted by Crippen LogP contribution is 2.27. The Morgan fingerprint density at radius 1 is 1.36 bits per heavy atom. The molecule has 0 spiro atoms. The Hall–Kier alpha value is -1.51. The first kappa shape index (κ1) is 10.6. The van der Waals surface area contributed by atoms with E-state index in [1.165, 1.54) is 6.07 Å². The van der Waals surface area contributed by atoms with Crippen LogP contribution < -0.4 is 5.73 Å². The number of aromatic carboxylic acids is 1. The van der Waals surface area contributed by atoms with Crippen molar-refractivity contribution < 1.29 is 9.90 Å². The topological polar surface area (TPSA) is 63.3 Å². The third kappa shape index (κ3) is 2.05. The van der Waals surface area contributed by atoms with Gasteiger partial charge in [-0.15, -0.1) is 0 Å². The molecule has 76 valence electrons. The molecule has 0 aliphatic heterocycles. The van der Waals surface area contributed by atoms with Crippen molar-refractivity contribution in [2.75, 3.05) is 5.73 Å². The molecule has 0 radical (unpaired) electrons. The van der Waals surface area contributed by atoms with Crippen molar-refractivity contribution in [1.29, 1.82) is 0 Å². The summed E-state index contributed by atoms with van der Waals surface area (Å²) in [6.45, 7) is 5.93. The quantitative estimate of drug-likeness (QED) is 0.672. The van der Waals surface area contributed by atoms with Crippen molar-refractivity contribution in [3.8, 4) is 0 Å². The number of benzene rings is 1. The molecule has 0 aliphatic carbocycles. The molecule has 0 aromatic heterocycles. The van der Waals surface area contributed by atoms with Crippen molar-refractivity contribution >= 4 is 11.7 Å². The first-order chi connectivity index (χ1) is 6.32. The standard InChI is InChI=1S/C11H15NO2/c1-11(2,3)9-5-4-7(12)6-8(9)10(13)14/h4-6H,12H2,1-3H3,(H,13,14). The van der Waals surface area contributed by atoms with Crippen molar-refractivity contribution in [1.82, 2.24) is 0 Å². The lowest BCUT2D eigenvalue weighted by atomic mass is 9.83. The zero-order valence-electron chi connectivity index (χ0n) is 8.66. The summed E-state index contributed by atoms with van der Waals surface area (Å²) >= 11 is 0. The number of carbonyl (C=O) groups is 1. The number of carboxylic acid groups (broad SMARTS) is 1. The lowest BCUT2D eigenvalue weighted by Crippen LogP contribution is -2.17. The molecular weight excluding hydrogens is 178 g/mol. The van der Waals surface area contributed by atoms with Crippen molar-refractivity contribution in [3.63, 3.8) is 0 Å². The molecule has 1 rings (SSSR count). The molecule has 0 aliphatic rings. The van der Waals surface area contributed by atoms with E-state index in [0.29, 0.717) is 5.69 Å². The van der Waals surface area contributed by atoms with E-state index in [4.69, 9.17) is 10.8 Å². The summed E-state index contributed by atoms with van der Waals surface area (Å²) in [5, 5.41) is 9.00. The number of hydrogen-bond acceptors (Lipinski definition) is 2. The minimum atomic E-state index is -0.928. The predicted molar refractivity (Wildman–Crippen MR) is 56.5 cm³/mol. The molecule has 0 saturated heterocycles. The Balaban J connectivity index is 3.37. The van der Waals surface area contributed by atoms with Gasteiger partial charge in [0.25, 0.3) is 0 Å². The van der Waals surface area contributed by atoms with Gasteiger partial charge >= 0.3 is 5.97 Å². The normalized spacial score (nSPS) is 11.4. The van der Waals surface area contributed by atoms with E-state index >= 15 is 0 Å². The highest BCUT2D eigenvalue weighted by Gasteiger charge is 2.21. The van der Waals surface area contributed by atoms with Crippen molar-refractivity contribution in [2.24, 2.45) is 0 Å². The Morgan fingerprint density at radius 3 is 2.36 bits per heavy atom. The molecule has 0 bridgehead atoms. The van der Waals surface area contributed by atoms with Crippen LogP contribution in [0.5, 0.6) is 0 Å². The molecule has 0 heterocycles. The fraction of sp³-hybridized carbons (Fsp3) is 0.364. The molecule has 3 heteroatoms. The summed E-state index contributed by atoms with van der Waals surface area (Å²) in [5.74, 6) is -0.928. The van der Waals surface area contributed by atoms with Gasteiger partial charge in [0.15, 0.2) is 0 Å². The van der Waals surface area contributed by atoms with Gasteiger partial charge in [-0.05, 0) is 23.1 Å². The molecule has 0 fully saturated rings. The first-order valence-corrected chi connectivity index (χ1v) is 4.45. The zero-order valence-corrected chi connectivity index (χ0v) is 8.66. The maximum absolute atomic E-state index is 11.0. The van der Waals surface area contributed by atoms with Crippen LogP contribution in [0.15, 0.2) is 18.2 Å². The number of nitrogen functional groups attached to an aromatic ring is 1. The van der Waals surface area contributed by atoms with Crippen molar-refractivity contribution in [3.05, 3.63) is 29.3 Å². The highest BCUT2D eigenvalue weighted by molar-refractivity contribution is 5.91. The van der Waals surface area contributed by atoms with Gasteiger partial charge < -0.3 is 10.8 Å². The lowest BCUT2D eigenvalue weighted by molar-refractivity contribution is 0.0694. The van der Waals surface area contributed by atoms with Gasteiger partial charge in [-0.25, -0.2) is 4.79 Å². The third-order valence-electron chi connectivity index (χ3n) is 2.08. The Labute approximate surface area is 83.6 Å². The minimum Gasteiger partial charge on any atom is -0.478 e. The van der Waals surface area contributed by atoms with Crippen LogP contribution in [0.3, 0.4) is 0 Å². The van der Waals surface area contributed by atoms with Crippen LogP contribution in [0.25, 0.3) is 0 Å². The first-order valence-electron chi connectivity index (χ1n) is 4.45. The second-order valence-electron chi connectivity index (χ2n) is 4.36. The summed E-state index contributed by atoms with van der Waals surface area (Å²) in [6.07, 6.45) is 0. The van der Waals surface area contributed by atoms with Gasteiger partial charge in [-0.3, -0.25) is 0 Å². The van der Waals surface area contributed by atoms with Crippen LogP contribution in [-0.4, -0.2) is 11.1 Å². The second kappa shape index (κ2) is 3.33. The fourth-order valence-corrected chi connectivity index (χ4v) is 1.39. The largest absolute Gasteiger partial charge is 0.478 e. The van der Waals surface area contributed by atoms with E-state index < -0.39 is 5.97 Å². The smallest absolute Gasteiger partial charge is 0.336 e. The fourth-order valence-electron chi connectivity index (χ4n) is 1.39.